The maximum atomic E-state index is 13.6. The highest BCUT2D eigenvalue weighted by molar-refractivity contribution is 7.92. The molecule has 0 spiro atoms. The van der Waals surface area contributed by atoms with E-state index in [4.69, 9.17) is 11.6 Å². The molecule has 7 nitrogen and oxygen atoms in total. The van der Waals surface area contributed by atoms with Crippen LogP contribution >= 0.6 is 11.6 Å². The van der Waals surface area contributed by atoms with Gasteiger partial charge in [0.15, 0.2) is 0 Å². The number of amides is 1. The third-order valence-electron chi connectivity index (χ3n) is 6.49. The molecule has 0 aliphatic carbocycles. The van der Waals surface area contributed by atoms with E-state index in [2.05, 4.69) is 33.3 Å². The lowest BCUT2D eigenvalue weighted by Gasteiger charge is -2.24. The number of aryl methyl sites for hydroxylation is 3. The molecule has 0 saturated carbocycles. The third-order valence-corrected chi connectivity index (χ3v) is 8.61. The van der Waals surface area contributed by atoms with Crippen LogP contribution in [0.5, 0.6) is 0 Å². The van der Waals surface area contributed by atoms with Gasteiger partial charge in [0.2, 0.25) is 0 Å². The minimum atomic E-state index is -4.84. The zero-order valence-corrected chi connectivity index (χ0v) is 24.8. The van der Waals surface area contributed by atoms with Gasteiger partial charge in [-0.2, -0.15) is 18.3 Å². The van der Waals surface area contributed by atoms with Crippen molar-refractivity contribution in [2.75, 3.05) is 10.8 Å². The van der Waals surface area contributed by atoms with E-state index in [1.54, 1.807) is 6.07 Å². The van der Waals surface area contributed by atoms with Gasteiger partial charge in [0.25, 0.3) is 15.9 Å². The summed E-state index contributed by atoms with van der Waals surface area (Å²) in [4.78, 5) is 12.7. The van der Waals surface area contributed by atoms with Gasteiger partial charge in [0.1, 0.15) is 6.54 Å². The maximum absolute atomic E-state index is 13.6. The number of aromatic nitrogens is 1. The molecule has 1 amide bonds. The van der Waals surface area contributed by atoms with Gasteiger partial charge in [-0.05, 0) is 87.4 Å². The molecule has 0 unspecified atom stereocenters. The lowest BCUT2D eigenvalue weighted by molar-refractivity contribution is -0.137. The molecule has 0 bridgehead atoms. The van der Waals surface area contributed by atoms with Crippen LogP contribution in [0.2, 0.25) is 5.02 Å². The topological polar surface area (TPSA) is 83.8 Å². The van der Waals surface area contributed by atoms with E-state index in [0.29, 0.717) is 15.9 Å². The van der Waals surface area contributed by atoms with Crippen molar-refractivity contribution in [1.29, 1.82) is 0 Å². The van der Waals surface area contributed by atoms with Crippen molar-refractivity contribution >= 4 is 39.4 Å². The number of carbonyl (C=O) groups is 1. The Balaban J connectivity index is 1.61. The number of nitrogens with one attached hydrogen (secondary N) is 1. The Hall–Kier alpha value is -4.09. The first-order chi connectivity index (χ1) is 19.7. The fourth-order valence-electron chi connectivity index (χ4n) is 4.66. The number of nitrogens with zero attached hydrogens (tertiary/aromatic N) is 3. The van der Waals surface area contributed by atoms with Crippen LogP contribution in [0.15, 0.2) is 82.8 Å². The van der Waals surface area contributed by atoms with Crippen LogP contribution in [0, 0.1) is 27.7 Å². The second-order valence-electron chi connectivity index (χ2n) is 9.79. The lowest BCUT2D eigenvalue weighted by atomic mass is 10.1. The number of rotatable bonds is 8. The number of hydrogen-bond acceptors (Lipinski definition) is 4. The number of hydrogen-bond donors (Lipinski definition) is 1. The average molecular weight is 617 g/mol. The van der Waals surface area contributed by atoms with Crippen molar-refractivity contribution in [3.8, 4) is 5.69 Å². The summed E-state index contributed by atoms with van der Waals surface area (Å²) in [6.45, 7) is 7.03. The maximum Gasteiger partial charge on any atom is 0.417 e. The van der Waals surface area contributed by atoms with Crippen molar-refractivity contribution in [2.45, 2.75) is 38.8 Å². The van der Waals surface area contributed by atoms with Crippen molar-refractivity contribution in [2.24, 2.45) is 5.10 Å². The number of benzene rings is 3. The van der Waals surface area contributed by atoms with Gasteiger partial charge < -0.3 is 4.57 Å². The van der Waals surface area contributed by atoms with E-state index < -0.39 is 39.2 Å². The second-order valence-corrected chi connectivity index (χ2v) is 12.1. The predicted octanol–water partition coefficient (Wildman–Crippen LogP) is 6.73. The molecular weight excluding hydrogens is 589 g/mol. The van der Waals surface area contributed by atoms with E-state index in [1.165, 1.54) is 30.5 Å². The molecule has 3 aromatic carbocycles. The molecule has 1 heterocycles. The van der Waals surface area contributed by atoms with Gasteiger partial charge in [-0.25, -0.2) is 13.8 Å². The fraction of sp³-hybridized carbons (Fsp3) is 0.200. The molecular formula is C30H28ClF3N4O3S. The summed E-state index contributed by atoms with van der Waals surface area (Å²) in [7, 11) is -4.44. The summed E-state index contributed by atoms with van der Waals surface area (Å²) in [5.74, 6) is -0.864. The summed E-state index contributed by atoms with van der Waals surface area (Å²) in [6, 6.07) is 17.8. The Morgan fingerprint density at radius 1 is 0.976 bits per heavy atom. The molecule has 1 N–H and O–H groups in total. The molecule has 0 aliphatic rings. The van der Waals surface area contributed by atoms with Crippen LogP contribution in [0.3, 0.4) is 0 Å². The van der Waals surface area contributed by atoms with Crippen molar-refractivity contribution in [3.05, 3.63) is 111 Å². The van der Waals surface area contributed by atoms with E-state index in [1.807, 2.05) is 33.8 Å². The zero-order chi connectivity index (χ0) is 30.8. The molecule has 0 fully saturated rings. The van der Waals surface area contributed by atoms with Gasteiger partial charge in [0.05, 0.1) is 27.4 Å². The summed E-state index contributed by atoms with van der Waals surface area (Å²) >= 11 is 5.74. The molecule has 0 aliphatic heterocycles. The summed E-state index contributed by atoms with van der Waals surface area (Å²) in [5, 5.41) is 3.40. The van der Waals surface area contributed by atoms with Gasteiger partial charge in [-0.3, -0.25) is 9.10 Å². The SMILES string of the molecule is Cc1cc(C)cc(-n2c(C)cc(/C=N\NC(=O)CN(c3ccc(Cl)c(C(F)(F)F)c3)S(=O)(=O)c3ccccc3)c2C)c1. The smallest absolute Gasteiger partial charge is 0.318 e. The van der Waals surface area contributed by atoms with E-state index >= 15 is 0 Å². The first-order valence-electron chi connectivity index (χ1n) is 12.7. The number of carbonyl (C=O) groups excluding carboxylic acids is 1. The monoisotopic (exact) mass is 616 g/mol. The van der Waals surface area contributed by atoms with Gasteiger partial charge in [-0.1, -0.05) is 35.9 Å². The van der Waals surface area contributed by atoms with Crippen LogP contribution < -0.4 is 9.73 Å². The molecule has 4 rings (SSSR count). The normalized spacial score (nSPS) is 12.1. The quantitative estimate of drug-likeness (QED) is 0.176. The number of alkyl halides is 3. The van der Waals surface area contributed by atoms with Crippen LogP contribution in [-0.4, -0.2) is 31.7 Å². The number of sulfonamides is 1. The Labute approximate surface area is 247 Å². The minimum Gasteiger partial charge on any atom is -0.318 e. The lowest BCUT2D eigenvalue weighted by Crippen LogP contribution is -2.39. The molecule has 0 radical (unpaired) electrons. The van der Waals surface area contributed by atoms with Crippen LogP contribution in [0.1, 0.15) is 33.6 Å². The predicted molar refractivity (Wildman–Crippen MR) is 158 cm³/mol. The third kappa shape index (κ3) is 6.69. The highest BCUT2D eigenvalue weighted by atomic mass is 35.5. The Morgan fingerprint density at radius 2 is 1.62 bits per heavy atom. The van der Waals surface area contributed by atoms with Gasteiger partial charge in [-0.15, -0.1) is 0 Å². The number of hydrazone groups is 1. The van der Waals surface area contributed by atoms with Gasteiger partial charge >= 0.3 is 6.18 Å². The van der Waals surface area contributed by atoms with Crippen molar-refractivity contribution < 1.29 is 26.4 Å². The first kappa shape index (κ1) is 30.9. The highest BCUT2D eigenvalue weighted by Crippen LogP contribution is 2.38. The largest absolute Gasteiger partial charge is 0.417 e. The van der Waals surface area contributed by atoms with Crippen LogP contribution in [0.4, 0.5) is 18.9 Å². The summed E-state index contributed by atoms with van der Waals surface area (Å²) in [5.41, 5.74) is 6.40. The molecule has 4 aromatic rings. The number of anilines is 1. The first-order valence-corrected chi connectivity index (χ1v) is 14.5. The minimum absolute atomic E-state index is 0.205. The molecule has 1 aromatic heterocycles. The Morgan fingerprint density at radius 3 is 2.24 bits per heavy atom. The molecule has 0 saturated heterocycles. The van der Waals surface area contributed by atoms with Crippen molar-refractivity contribution in [1.82, 2.24) is 9.99 Å². The zero-order valence-electron chi connectivity index (χ0n) is 23.2. The summed E-state index contributed by atoms with van der Waals surface area (Å²) < 4.78 is 70.3. The molecule has 12 heteroatoms. The van der Waals surface area contributed by atoms with Crippen LogP contribution in [-0.2, 0) is 21.0 Å². The Bertz CT molecular complexity index is 1750. The van der Waals surface area contributed by atoms with E-state index in [-0.39, 0.29) is 10.6 Å². The standard InChI is InChI=1S/C30H28ClF3N4O3S/c1-19-12-20(2)14-25(13-19)38-21(3)15-23(22(38)4)17-35-36-29(39)18-37(42(40,41)26-8-6-5-7-9-26)24-10-11-28(31)27(16-24)30(32,33)34/h5-17H,18H2,1-4H3,(H,36,39)/b35-17-. The van der Waals surface area contributed by atoms with Crippen molar-refractivity contribution in [3.63, 3.8) is 0 Å². The van der Waals surface area contributed by atoms with Gasteiger partial charge in [0, 0.05) is 22.6 Å². The molecule has 42 heavy (non-hydrogen) atoms. The van der Waals surface area contributed by atoms with E-state index in [0.717, 1.165) is 40.3 Å². The molecule has 220 valence electrons. The highest BCUT2D eigenvalue weighted by Gasteiger charge is 2.35. The van der Waals surface area contributed by atoms with Crippen LogP contribution in [0.25, 0.3) is 5.69 Å². The summed E-state index contributed by atoms with van der Waals surface area (Å²) in [6.07, 6.45) is -3.41. The second kappa shape index (κ2) is 12.0. The Kier molecular flexibility index (Phi) is 8.84. The number of halogens is 4. The average Bonchev–Trinajstić information content (AvgIpc) is 3.19. The fourth-order valence-corrected chi connectivity index (χ4v) is 6.31. The molecule has 0 atom stereocenters. The van der Waals surface area contributed by atoms with E-state index in [9.17, 15) is 26.4 Å².